The molecule has 1 aliphatic rings. The van der Waals surface area contributed by atoms with Gasteiger partial charge in [0.25, 0.3) is 0 Å². The van der Waals surface area contributed by atoms with E-state index >= 15 is 0 Å². The number of nitrogens with zero attached hydrogens (tertiary/aromatic N) is 3. The minimum atomic E-state index is -1.51. The van der Waals surface area contributed by atoms with Crippen LogP contribution in [0.3, 0.4) is 0 Å². The number of aryl methyl sites for hydroxylation is 1. The van der Waals surface area contributed by atoms with Crippen molar-refractivity contribution < 1.29 is 13.7 Å². The van der Waals surface area contributed by atoms with Gasteiger partial charge in [-0.05, 0) is 68.9 Å². The number of amides is 1. The molecule has 198 valence electrons. The largest absolute Gasteiger partial charge is 0.490 e. The average molecular weight is 542 g/mol. The topological polar surface area (TPSA) is 131 Å². The molecule has 10 heteroatoms. The predicted molar refractivity (Wildman–Crippen MR) is 151 cm³/mol. The molecule has 8 nitrogen and oxygen atoms in total. The van der Waals surface area contributed by atoms with Crippen molar-refractivity contribution in [3.05, 3.63) is 53.1 Å². The lowest BCUT2D eigenvalue weighted by Gasteiger charge is -2.17. The Morgan fingerprint density at radius 2 is 1.89 bits per heavy atom. The lowest BCUT2D eigenvalue weighted by atomic mass is 9.88. The Balaban J connectivity index is 0.000000414. The molecule has 0 saturated heterocycles. The van der Waals surface area contributed by atoms with Crippen molar-refractivity contribution in [2.75, 3.05) is 12.8 Å². The Bertz CT molecular complexity index is 1250. The number of nitriles is 1. The number of aromatic nitrogens is 2. The predicted octanol–water partition coefficient (Wildman–Crippen LogP) is 4.79. The third-order valence-electron chi connectivity index (χ3n) is 5.31. The Hall–Kier alpha value is -3.13. The fourth-order valence-corrected chi connectivity index (χ4v) is 5.03. The molecule has 4 rings (SSSR count). The van der Waals surface area contributed by atoms with Crippen LogP contribution >= 0.6 is 11.3 Å². The highest BCUT2D eigenvalue weighted by Gasteiger charge is 2.18. The quantitative estimate of drug-likeness (QED) is 0.461. The minimum absolute atomic E-state index is 0.0281. The maximum atomic E-state index is 10.2. The summed E-state index contributed by atoms with van der Waals surface area (Å²) in [7, 11) is -0.0401. The molecule has 1 aliphatic carbocycles. The Morgan fingerprint density at radius 1 is 1.19 bits per heavy atom. The van der Waals surface area contributed by atoms with Crippen LogP contribution in [-0.2, 0) is 28.6 Å². The minimum Gasteiger partial charge on any atom is -0.490 e. The van der Waals surface area contributed by atoms with E-state index in [2.05, 4.69) is 39.8 Å². The summed E-state index contributed by atoms with van der Waals surface area (Å²) in [5, 5.41) is 27.1. The number of carbonyl (C=O) groups excluding carboxylic acids is 1. The SMILES string of the molecule is CC.CC(C)Oc1ccc(-c2nnc(-c3cccc4c3CCCC4)s2)cc1C#N.CNC(=O)CS(N)=O. The fraction of sp³-hybridized carbons (Fsp3) is 0.407. The fourth-order valence-electron chi connectivity index (χ4n) is 3.74. The van der Waals surface area contributed by atoms with Crippen LogP contribution in [0.2, 0.25) is 0 Å². The smallest absolute Gasteiger partial charge is 0.233 e. The van der Waals surface area contributed by atoms with Gasteiger partial charge in [-0.2, -0.15) is 5.26 Å². The number of hydrogen-bond donors (Lipinski definition) is 2. The van der Waals surface area contributed by atoms with Crippen LogP contribution in [-0.4, -0.2) is 39.2 Å². The molecule has 1 atom stereocenters. The zero-order valence-electron chi connectivity index (χ0n) is 22.0. The first kappa shape index (κ1) is 30.1. The van der Waals surface area contributed by atoms with Crippen molar-refractivity contribution in [3.8, 4) is 33.0 Å². The van der Waals surface area contributed by atoms with Crippen LogP contribution in [0.4, 0.5) is 0 Å². The van der Waals surface area contributed by atoms with E-state index in [1.54, 1.807) is 11.3 Å². The molecular formula is C27H35N5O3S2. The van der Waals surface area contributed by atoms with Crippen molar-refractivity contribution >= 4 is 28.2 Å². The van der Waals surface area contributed by atoms with Crippen molar-refractivity contribution in [1.29, 1.82) is 5.26 Å². The highest BCUT2D eigenvalue weighted by Crippen LogP contribution is 2.36. The molecule has 3 N–H and O–H groups in total. The molecule has 0 spiro atoms. The molecule has 1 aromatic heterocycles. The summed E-state index contributed by atoms with van der Waals surface area (Å²) < 4.78 is 15.7. The zero-order valence-corrected chi connectivity index (χ0v) is 23.7. The van der Waals surface area contributed by atoms with Gasteiger partial charge >= 0.3 is 0 Å². The van der Waals surface area contributed by atoms with Gasteiger partial charge in [0.05, 0.1) is 22.7 Å². The monoisotopic (exact) mass is 541 g/mol. The molecule has 0 saturated carbocycles. The first-order chi connectivity index (χ1) is 17.8. The van der Waals surface area contributed by atoms with Crippen LogP contribution in [0.15, 0.2) is 36.4 Å². The summed E-state index contributed by atoms with van der Waals surface area (Å²) in [5.74, 6) is 0.195. The first-order valence-electron chi connectivity index (χ1n) is 12.3. The number of nitrogens with two attached hydrogens (primary N) is 1. The van der Waals surface area contributed by atoms with Gasteiger partial charge in [-0.25, -0.2) is 4.21 Å². The number of benzene rings is 2. The highest BCUT2D eigenvalue weighted by molar-refractivity contribution is 7.83. The number of carbonyl (C=O) groups is 1. The first-order valence-corrected chi connectivity index (χ1v) is 14.5. The average Bonchev–Trinajstić information content (AvgIpc) is 3.39. The van der Waals surface area contributed by atoms with Crippen LogP contribution in [0.25, 0.3) is 21.1 Å². The van der Waals surface area contributed by atoms with Gasteiger partial charge in [-0.15, -0.1) is 10.2 Å². The summed E-state index contributed by atoms with van der Waals surface area (Å²) in [4.78, 5) is 10.2. The molecule has 0 radical (unpaired) electrons. The molecule has 3 aromatic rings. The second-order valence-corrected chi connectivity index (χ2v) is 10.3. The van der Waals surface area contributed by atoms with E-state index in [1.165, 1.54) is 36.6 Å². The number of ether oxygens (including phenoxy) is 1. The normalized spacial score (nSPS) is 12.6. The van der Waals surface area contributed by atoms with Gasteiger partial charge in [-0.3, -0.25) is 9.93 Å². The summed E-state index contributed by atoms with van der Waals surface area (Å²) >= 11 is 1.58. The Morgan fingerprint density at radius 3 is 2.51 bits per heavy atom. The summed E-state index contributed by atoms with van der Waals surface area (Å²) in [6.45, 7) is 7.90. The van der Waals surface area contributed by atoms with Gasteiger partial charge in [0.1, 0.15) is 27.6 Å². The molecule has 1 amide bonds. The van der Waals surface area contributed by atoms with Gasteiger partial charge in [0, 0.05) is 18.2 Å². The number of fused-ring (bicyclic) bond motifs is 1. The van der Waals surface area contributed by atoms with E-state index in [9.17, 15) is 14.3 Å². The van der Waals surface area contributed by atoms with E-state index < -0.39 is 11.0 Å². The Labute approximate surface area is 225 Å². The summed E-state index contributed by atoms with van der Waals surface area (Å²) in [6, 6.07) is 14.3. The van der Waals surface area contributed by atoms with Gasteiger partial charge in [0.15, 0.2) is 0 Å². The van der Waals surface area contributed by atoms with Crippen LogP contribution < -0.4 is 15.2 Å². The van der Waals surface area contributed by atoms with Crippen molar-refractivity contribution in [3.63, 3.8) is 0 Å². The zero-order chi connectivity index (χ0) is 27.4. The molecule has 0 bridgehead atoms. The molecule has 0 fully saturated rings. The molecule has 0 aliphatic heterocycles. The number of hydrogen-bond acceptors (Lipinski definition) is 7. The molecule has 37 heavy (non-hydrogen) atoms. The summed E-state index contributed by atoms with van der Waals surface area (Å²) in [6.07, 6.45) is 4.79. The highest BCUT2D eigenvalue weighted by atomic mass is 32.2. The third kappa shape index (κ3) is 8.74. The van der Waals surface area contributed by atoms with E-state index in [0.717, 1.165) is 28.4 Å². The van der Waals surface area contributed by atoms with E-state index in [4.69, 9.17) is 9.88 Å². The van der Waals surface area contributed by atoms with Gasteiger partial charge < -0.3 is 10.1 Å². The van der Waals surface area contributed by atoms with E-state index in [0.29, 0.717) is 11.3 Å². The van der Waals surface area contributed by atoms with Crippen LogP contribution in [0.5, 0.6) is 5.75 Å². The second-order valence-electron chi connectivity index (χ2n) is 8.25. The molecule has 1 heterocycles. The maximum absolute atomic E-state index is 10.2. The van der Waals surface area contributed by atoms with Crippen molar-refractivity contribution in [1.82, 2.24) is 15.5 Å². The van der Waals surface area contributed by atoms with E-state index in [-0.39, 0.29) is 17.8 Å². The Kier molecular flexibility index (Phi) is 12.4. The third-order valence-corrected chi connectivity index (χ3v) is 6.87. The maximum Gasteiger partial charge on any atom is 0.233 e. The second kappa shape index (κ2) is 15.2. The lowest BCUT2D eigenvalue weighted by Crippen LogP contribution is -2.26. The number of rotatable bonds is 6. The molecular weight excluding hydrogens is 506 g/mol. The standard InChI is InChI=1S/C22H21N3OS.C3H8N2O2S.C2H6/c1-14(2)26-20-11-10-16(12-17(20)13-23)21-24-25-22(27-21)19-9-5-7-15-6-3-4-8-18(15)19;1-5-3(6)2-8(4)7;1-2/h5,7,9-12,14H,3-4,6,8H2,1-2H3;2,4H2,1H3,(H,5,6);1-2H3. The van der Waals surface area contributed by atoms with Crippen LogP contribution in [0.1, 0.15) is 57.2 Å². The van der Waals surface area contributed by atoms with Crippen LogP contribution in [0, 0.1) is 11.3 Å². The molecule has 2 aromatic carbocycles. The van der Waals surface area contributed by atoms with Crippen molar-refractivity contribution in [2.24, 2.45) is 5.14 Å². The summed E-state index contributed by atoms with van der Waals surface area (Å²) in [5.41, 5.74) is 5.49. The van der Waals surface area contributed by atoms with E-state index in [1.807, 2.05) is 45.9 Å². The number of nitrogens with one attached hydrogen (secondary N) is 1. The van der Waals surface area contributed by atoms with Crippen molar-refractivity contribution in [2.45, 2.75) is 59.5 Å². The molecule has 1 unspecified atom stereocenters. The lowest BCUT2D eigenvalue weighted by molar-refractivity contribution is -0.118. The van der Waals surface area contributed by atoms with Gasteiger partial charge in [-0.1, -0.05) is 43.4 Å². The van der Waals surface area contributed by atoms with Gasteiger partial charge in [0.2, 0.25) is 5.91 Å².